The van der Waals surface area contributed by atoms with Crippen molar-refractivity contribution in [2.75, 3.05) is 0 Å². The SMILES string of the molecule is CC(C)[C@@]1(C)CCC2=C1CC[C@H]1C(C)(C)[CH]CC[C@]21C. The summed E-state index contributed by atoms with van der Waals surface area (Å²) in [5, 5.41) is 0. The molecule has 0 heteroatoms. The molecule has 20 heavy (non-hydrogen) atoms. The Labute approximate surface area is 126 Å². The molecule has 3 aliphatic rings. The van der Waals surface area contributed by atoms with Crippen molar-refractivity contribution in [2.45, 2.75) is 80.1 Å². The summed E-state index contributed by atoms with van der Waals surface area (Å²) in [5.41, 5.74) is 5.20. The molecule has 3 rings (SSSR count). The Morgan fingerprint density at radius 2 is 1.70 bits per heavy atom. The first-order valence-corrected chi connectivity index (χ1v) is 8.79. The molecule has 0 nitrogen and oxygen atoms in total. The highest BCUT2D eigenvalue weighted by Crippen LogP contribution is 2.65. The van der Waals surface area contributed by atoms with Crippen molar-refractivity contribution in [1.29, 1.82) is 0 Å². The van der Waals surface area contributed by atoms with E-state index in [9.17, 15) is 0 Å². The summed E-state index contributed by atoms with van der Waals surface area (Å²) in [7, 11) is 0. The van der Waals surface area contributed by atoms with Crippen LogP contribution in [-0.4, -0.2) is 0 Å². The predicted molar refractivity (Wildman–Crippen MR) is 87.4 cm³/mol. The molecule has 0 aromatic rings. The Hall–Kier alpha value is -0.260. The van der Waals surface area contributed by atoms with Gasteiger partial charge in [-0.3, -0.25) is 0 Å². The molecule has 1 saturated carbocycles. The number of hydrogen-bond acceptors (Lipinski definition) is 0. The first kappa shape index (κ1) is 14.7. The normalized spacial score (nSPS) is 43.6. The highest BCUT2D eigenvalue weighted by molar-refractivity contribution is 5.37. The molecule has 0 amide bonds. The summed E-state index contributed by atoms with van der Waals surface area (Å²) in [4.78, 5) is 0. The van der Waals surface area contributed by atoms with Gasteiger partial charge in [-0.05, 0) is 73.0 Å². The second-order valence-electron chi connectivity index (χ2n) is 9.10. The number of rotatable bonds is 1. The largest absolute Gasteiger partial charge is 0.0642 e. The molecule has 0 aromatic carbocycles. The van der Waals surface area contributed by atoms with Crippen LogP contribution in [0.15, 0.2) is 11.1 Å². The summed E-state index contributed by atoms with van der Waals surface area (Å²) in [6.07, 6.45) is 10.9. The minimum absolute atomic E-state index is 0.433. The molecule has 0 heterocycles. The molecule has 3 atom stereocenters. The van der Waals surface area contributed by atoms with Crippen LogP contribution in [0.2, 0.25) is 0 Å². The van der Waals surface area contributed by atoms with Gasteiger partial charge in [0.1, 0.15) is 0 Å². The van der Waals surface area contributed by atoms with Gasteiger partial charge < -0.3 is 0 Å². The maximum Gasteiger partial charge on any atom is -0.00798 e. The van der Waals surface area contributed by atoms with Crippen molar-refractivity contribution in [1.82, 2.24) is 0 Å². The third kappa shape index (κ3) is 1.79. The fourth-order valence-electron chi connectivity index (χ4n) is 5.96. The zero-order valence-corrected chi connectivity index (χ0v) is 14.5. The Balaban J connectivity index is 2.05. The lowest BCUT2D eigenvalue weighted by Crippen LogP contribution is -2.46. The maximum absolute atomic E-state index is 2.61. The lowest BCUT2D eigenvalue weighted by atomic mass is 9.50. The van der Waals surface area contributed by atoms with Gasteiger partial charge in [-0.1, -0.05) is 52.7 Å². The second kappa shape index (κ2) is 4.37. The van der Waals surface area contributed by atoms with Gasteiger partial charge in [0.05, 0.1) is 0 Å². The van der Waals surface area contributed by atoms with E-state index >= 15 is 0 Å². The molecule has 0 aromatic heterocycles. The second-order valence-corrected chi connectivity index (χ2v) is 9.10. The van der Waals surface area contributed by atoms with E-state index in [-0.39, 0.29) is 0 Å². The monoisotopic (exact) mass is 273 g/mol. The third-order valence-corrected chi connectivity index (χ3v) is 7.60. The van der Waals surface area contributed by atoms with Crippen molar-refractivity contribution in [3.63, 3.8) is 0 Å². The predicted octanol–water partition coefficient (Wildman–Crippen LogP) is 6.18. The Morgan fingerprint density at radius 1 is 1.00 bits per heavy atom. The highest BCUT2D eigenvalue weighted by Gasteiger charge is 2.54. The van der Waals surface area contributed by atoms with Crippen molar-refractivity contribution in [3.05, 3.63) is 17.6 Å². The van der Waals surface area contributed by atoms with E-state index in [4.69, 9.17) is 0 Å². The molecule has 3 aliphatic carbocycles. The zero-order chi connectivity index (χ0) is 14.8. The topological polar surface area (TPSA) is 0 Å². The van der Waals surface area contributed by atoms with E-state index in [1.165, 1.54) is 38.5 Å². The molecule has 0 N–H and O–H groups in total. The number of hydrogen-bond donors (Lipinski definition) is 0. The fraction of sp³-hybridized carbons (Fsp3) is 0.850. The van der Waals surface area contributed by atoms with Crippen molar-refractivity contribution in [3.8, 4) is 0 Å². The lowest BCUT2D eigenvalue weighted by molar-refractivity contribution is 0.0482. The zero-order valence-electron chi connectivity index (χ0n) is 14.5. The smallest absolute Gasteiger partial charge is 0.00798 e. The minimum Gasteiger partial charge on any atom is -0.0642 e. The number of fused-ring (bicyclic) bond motifs is 2. The van der Waals surface area contributed by atoms with Gasteiger partial charge in [-0.2, -0.15) is 0 Å². The van der Waals surface area contributed by atoms with Gasteiger partial charge in [0.25, 0.3) is 0 Å². The standard InChI is InChI=1S/C20H33/c1-14(2)19(5)13-10-16-15(19)8-9-17-18(3,4)11-7-12-20(16,17)6/h11,14,17H,7-10,12-13H2,1-6H3/t17-,19+,20+/m0/s1. The first-order chi connectivity index (χ1) is 9.22. The van der Waals surface area contributed by atoms with E-state index in [1.54, 1.807) is 0 Å². The summed E-state index contributed by atoms with van der Waals surface area (Å²) in [6.45, 7) is 15.0. The van der Waals surface area contributed by atoms with E-state index in [0.29, 0.717) is 16.2 Å². The Kier molecular flexibility index (Phi) is 3.20. The summed E-state index contributed by atoms with van der Waals surface area (Å²) < 4.78 is 0. The Bertz CT molecular complexity index is 439. The molecule has 1 fully saturated rings. The highest BCUT2D eigenvalue weighted by atomic mass is 14.6. The molecule has 113 valence electrons. The molecule has 0 aliphatic heterocycles. The van der Waals surface area contributed by atoms with Gasteiger partial charge in [-0.25, -0.2) is 0 Å². The molecule has 0 spiro atoms. The van der Waals surface area contributed by atoms with Crippen molar-refractivity contribution >= 4 is 0 Å². The fourth-order valence-corrected chi connectivity index (χ4v) is 5.96. The van der Waals surface area contributed by atoms with E-state index in [0.717, 1.165) is 11.8 Å². The van der Waals surface area contributed by atoms with Crippen molar-refractivity contribution in [2.24, 2.45) is 28.1 Å². The molecular weight excluding hydrogens is 240 g/mol. The van der Waals surface area contributed by atoms with E-state index < -0.39 is 0 Å². The van der Waals surface area contributed by atoms with Gasteiger partial charge in [0.2, 0.25) is 0 Å². The van der Waals surface area contributed by atoms with Gasteiger partial charge in [0, 0.05) is 0 Å². The molecule has 1 radical (unpaired) electrons. The van der Waals surface area contributed by atoms with Gasteiger partial charge >= 0.3 is 0 Å². The van der Waals surface area contributed by atoms with Gasteiger partial charge in [-0.15, -0.1) is 0 Å². The molecular formula is C20H33. The van der Waals surface area contributed by atoms with Crippen LogP contribution < -0.4 is 0 Å². The summed E-state index contributed by atoms with van der Waals surface area (Å²) in [6, 6.07) is 0. The van der Waals surface area contributed by atoms with Crippen LogP contribution in [0.4, 0.5) is 0 Å². The van der Waals surface area contributed by atoms with Crippen LogP contribution in [0.5, 0.6) is 0 Å². The van der Waals surface area contributed by atoms with Crippen molar-refractivity contribution < 1.29 is 0 Å². The van der Waals surface area contributed by atoms with Crippen LogP contribution in [0.1, 0.15) is 80.1 Å². The van der Waals surface area contributed by atoms with Crippen LogP contribution in [0, 0.1) is 34.5 Å². The molecule has 0 unspecified atom stereocenters. The van der Waals surface area contributed by atoms with E-state index in [1.807, 2.05) is 11.1 Å². The molecule has 0 bridgehead atoms. The van der Waals surface area contributed by atoms with Crippen LogP contribution in [-0.2, 0) is 0 Å². The minimum atomic E-state index is 0.433. The first-order valence-electron chi connectivity index (χ1n) is 8.79. The average Bonchev–Trinajstić information content (AvgIpc) is 2.69. The summed E-state index contributed by atoms with van der Waals surface area (Å²) in [5.74, 6) is 1.66. The summed E-state index contributed by atoms with van der Waals surface area (Å²) >= 11 is 0. The molecule has 0 saturated heterocycles. The maximum atomic E-state index is 2.61. The lowest BCUT2D eigenvalue weighted by Gasteiger charge is -2.55. The van der Waals surface area contributed by atoms with Crippen LogP contribution in [0.25, 0.3) is 0 Å². The van der Waals surface area contributed by atoms with E-state index in [2.05, 4.69) is 48.0 Å². The Morgan fingerprint density at radius 3 is 2.35 bits per heavy atom. The van der Waals surface area contributed by atoms with Crippen LogP contribution in [0.3, 0.4) is 0 Å². The average molecular weight is 273 g/mol. The third-order valence-electron chi connectivity index (χ3n) is 7.60. The van der Waals surface area contributed by atoms with Gasteiger partial charge in [0.15, 0.2) is 0 Å². The van der Waals surface area contributed by atoms with Crippen LogP contribution >= 0.6 is 0 Å². The quantitative estimate of drug-likeness (QED) is 0.500. The number of allylic oxidation sites excluding steroid dienone is 2.